The van der Waals surface area contributed by atoms with E-state index in [4.69, 9.17) is 9.47 Å². The molecule has 5 nitrogen and oxygen atoms in total. The van der Waals surface area contributed by atoms with Crippen molar-refractivity contribution in [1.82, 2.24) is 15.5 Å². The van der Waals surface area contributed by atoms with Crippen LogP contribution in [0.2, 0.25) is 0 Å². The number of nitrogens with one attached hydrogen (secondary N) is 1. The summed E-state index contributed by atoms with van der Waals surface area (Å²) in [6, 6.07) is 7.96. The lowest BCUT2D eigenvalue weighted by Crippen LogP contribution is -2.21. The van der Waals surface area contributed by atoms with Gasteiger partial charge in [0.05, 0.1) is 6.04 Å². The fourth-order valence-electron chi connectivity index (χ4n) is 2.31. The molecule has 0 bridgehead atoms. The number of benzene rings is 1. The van der Waals surface area contributed by atoms with Crippen LogP contribution in [0.4, 0.5) is 0 Å². The van der Waals surface area contributed by atoms with Gasteiger partial charge in [-0.1, -0.05) is 37.3 Å². The molecule has 6 heteroatoms. The maximum atomic E-state index is 5.97. The van der Waals surface area contributed by atoms with Gasteiger partial charge in [-0.2, -0.15) is 0 Å². The lowest BCUT2D eigenvalue weighted by molar-refractivity contribution is 0.0906. The van der Waals surface area contributed by atoms with Crippen molar-refractivity contribution >= 4 is 11.3 Å². The van der Waals surface area contributed by atoms with Gasteiger partial charge in [0.25, 0.3) is 0 Å². The van der Waals surface area contributed by atoms with E-state index in [0.29, 0.717) is 6.61 Å². The number of ether oxygens (including phenoxy) is 2. The summed E-state index contributed by atoms with van der Waals surface area (Å²) in [5, 5.41) is 13.9. The van der Waals surface area contributed by atoms with Crippen molar-refractivity contribution in [2.24, 2.45) is 0 Å². The lowest BCUT2D eigenvalue weighted by atomic mass is 10.2. The van der Waals surface area contributed by atoms with Gasteiger partial charge in [0.1, 0.15) is 11.6 Å². The first-order valence-electron chi connectivity index (χ1n) is 7.27. The van der Waals surface area contributed by atoms with Crippen LogP contribution in [0.25, 0.3) is 0 Å². The van der Waals surface area contributed by atoms with E-state index in [0.717, 1.165) is 34.5 Å². The largest absolute Gasteiger partial charge is 0.485 e. The number of para-hydroxylation sites is 2. The van der Waals surface area contributed by atoms with Crippen LogP contribution >= 0.6 is 11.3 Å². The minimum Gasteiger partial charge on any atom is -0.485 e. The van der Waals surface area contributed by atoms with Gasteiger partial charge in [-0.15, -0.1) is 10.2 Å². The molecule has 1 aromatic carbocycles. The Hall–Kier alpha value is -1.66. The van der Waals surface area contributed by atoms with Crippen LogP contribution in [-0.2, 0) is 0 Å². The van der Waals surface area contributed by atoms with Gasteiger partial charge in [-0.05, 0) is 25.1 Å². The van der Waals surface area contributed by atoms with E-state index in [-0.39, 0.29) is 12.1 Å². The monoisotopic (exact) mass is 305 g/mol. The highest BCUT2D eigenvalue weighted by Gasteiger charge is 2.26. The Labute approximate surface area is 128 Å². The summed E-state index contributed by atoms with van der Waals surface area (Å²) in [6.07, 6.45) is 0.818. The third kappa shape index (κ3) is 3.01. The molecule has 2 atom stereocenters. The highest BCUT2D eigenvalue weighted by Crippen LogP contribution is 2.37. The second-order valence-electron chi connectivity index (χ2n) is 4.86. The summed E-state index contributed by atoms with van der Waals surface area (Å²) in [7, 11) is 0. The standard InChI is InChI=1S/C15H19N3O2S/c1-3-10(16-4-2)14-17-18-15(21-14)13-9-19-11-7-5-6-8-12(11)20-13/h5-8,10,13,16H,3-4,9H2,1-2H3. The topological polar surface area (TPSA) is 56.3 Å². The molecule has 2 unspecified atom stereocenters. The van der Waals surface area contributed by atoms with E-state index in [1.807, 2.05) is 24.3 Å². The number of hydrogen-bond donors (Lipinski definition) is 1. The molecule has 21 heavy (non-hydrogen) atoms. The molecule has 112 valence electrons. The predicted octanol–water partition coefficient (Wildman–Crippen LogP) is 3.11. The van der Waals surface area contributed by atoms with Crippen molar-refractivity contribution in [1.29, 1.82) is 0 Å². The van der Waals surface area contributed by atoms with Crippen LogP contribution < -0.4 is 14.8 Å². The van der Waals surface area contributed by atoms with Crippen molar-refractivity contribution in [3.05, 3.63) is 34.3 Å². The van der Waals surface area contributed by atoms with E-state index in [1.165, 1.54) is 0 Å². The molecular formula is C15H19N3O2S. The predicted molar refractivity (Wildman–Crippen MR) is 81.9 cm³/mol. The molecule has 0 amide bonds. The summed E-state index contributed by atoms with van der Waals surface area (Å²) >= 11 is 1.60. The fourth-order valence-corrected chi connectivity index (χ4v) is 3.33. The van der Waals surface area contributed by atoms with Gasteiger partial charge in [0.2, 0.25) is 0 Å². The maximum Gasteiger partial charge on any atom is 0.186 e. The fraction of sp³-hybridized carbons (Fsp3) is 0.467. The Bertz CT molecular complexity index is 602. The Balaban J connectivity index is 1.75. The molecular weight excluding hydrogens is 286 g/mol. The Morgan fingerprint density at radius 1 is 1.29 bits per heavy atom. The van der Waals surface area contributed by atoms with Crippen LogP contribution in [-0.4, -0.2) is 23.3 Å². The van der Waals surface area contributed by atoms with E-state index in [1.54, 1.807) is 11.3 Å². The number of nitrogens with zero attached hydrogens (tertiary/aromatic N) is 2. The zero-order chi connectivity index (χ0) is 14.7. The van der Waals surface area contributed by atoms with Crippen LogP contribution in [0, 0.1) is 0 Å². The van der Waals surface area contributed by atoms with E-state index >= 15 is 0 Å². The van der Waals surface area contributed by atoms with Gasteiger partial charge in [-0.3, -0.25) is 0 Å². The van der Waals surface area contributed by atoms with E-state index in [9.17, 15) is 0 Å². The molecule has 0 saturated carbocycles. The van der Waals surface area contributed by atoms with Gasteiger partial charge >= 0.3 is 0 Å². The minimum atomic E-state index is -0.176. The number of rotatable bonds is 5. The first-order valence-corrected chi connectivity index (χ1v) is 8.08. The highest BCUT2D eigenvalue weighted by atomic mass is 32.1. The van der Waals surface area contributed by atoms with Gasteiger partial charge in [0, 0.05) is 0 Å². The number of aromatic nitrogens is 2. The SMILES string of the molecule is CCNC(CC)c1nnc(C2COc3ccccc3O2)s1. The summed E-state index contributed by atoms with van der Waals surface area (Å²) in [5.74, 6) is 1.56. The molecule has 0 fully saturated rings. The molecule has 0 saturated heterocycles. The zero-order valence-corrected chi connectivity index (χ0v) is 13.0. The van der Waals surface area contributed by atoms with Crippen LogP contribution in [0.3, 0.4) is 0 Å². The smallest absolute Gasteiger partial charge is 0.186 e. The molecule has 0 radical (unpaired) electrons. The first-order chi connectivity index (χ1) is 10.3. The maximum absolute atomic E-state index is 5.97. The van der Waals surface area contributed by atoms with E-state index in [2.05, 4.69) is 29.4 Å². The normalized spacial score (nSPS) is 18.5. The summed E-state index contributed by atoms with van der Waals surface area (Å²) in [6.45, 7) is 5.64. The first kappa shape index (κ1) is 14.3. The summed E-state index contributed by atoms with van der Waals surface area (Å²) < 4.78 is 11.7. The Morgan fingerprint density at radius 2 is 2.10 bits per heavy atom. The lowest BCUT2D eigenvalue weighted by Gasteiger charge is -2.24. The van der Waals surface area contributed by atoms with Crippen molar-refractivity contribution in [3.8, 4) is 11.5 Å². The summed E-state index contributed by atoms with van der Waals surface area (Å²) in [4.78, 5) is 0. The molecule has 1 aromatic heterocycles. The summed E-state index contributed by atoms with van der Waals surface area (Å²) in [5.41, 5.74) is 0. The second-order valence-corrected chi connectivity index (χ2v) is 5.90. The Morgan fingerprint density at radius 3 is 2.86 bits per heavy atom. The van der Waals surface area contributed by atoms with Crippen molar-refractivity contribution in [2.45, 2.75) is 32.4 Å². The Kier molecular flexibility index (Phi) is 4.36. The third-order valence-corrected chi connectivity index (χ3v) is 4.53. The molecule has 1 N–H and O–H groups in total. The quantitative estimate of drug-likeness (QED) is 0.920. The van der Waals surface area contributed by atoms with Crippen molar-refractivity contribution in [2.75, 3.05) is 13.2 Å². The second kappa shape index (κ2) is 6.41. The van der Waals surface area contributed by atoms with Crippen LogP contribution in [0.1, 0.15) is 42.4 Å². The molecule has 0 spiro atoms. The molecule has 3 rings (SSSR count). The molecule has 2 aromatic rings. The van der Waals surface area contributed by atoms with Gasteiger partial charge < -0.3 is 14.8 Å². The van der Waals surface area contributed by atoms with Crippen molar-refractivity contribution < 1.29 is 9.47 Å². The molecule has 0 aliphatic carbocycles. The number of fused-ring (bicyclic) bond motifs is 1. The van der Waals surface area contributed by atoms with Crippen LogP contribution in [0.15, 0.2) is 24.3 Å². The van der Waals surface area contributed by atoms with Crippen LogP contribution in [0.5, 0.6) is 11.5 Å². The van der Waals surface area contributed by atoms with Crippen molar-refractivity contribution in [3.63, 3.8) is 0 Å². The number of hydrogen-bond acceptors (Lipinski definition) is 6. The van der Waals surface area contributed by atoms with Gasteiger partial charge in [-0.25, -0.2) is 0 Å². The minimum absolute atomic E-state index is 0.176. The van der Waals surface area contributed by atoms with E-state index < -0.39 is 0 Å². The highest BCUT2D eigenvalue weighted by molar-refractivity contribution is 7.11. The molecule has 1 aliphatic rings. The molecule has 1 aliphatic heterocycles. The van der Waals surface area contributed by atoms with Gasteiger partial charge in [0.15, 0.2) is 22.6 Å². The molecule has 2 heterocycles. The third-order valence-electron chi connectivity index (χ3n) is 3.40. The average Bonchev–Trinajstić information content (AvgIpc) is 3.02. The average molecular weight is 305 g/mol. The zero-order valence-electron chi connectivity index (χ0n) is 12.2.